The molecule has 0 radical (unpaired) electrons. The van der Waals surface area contributed by atoms with E-state index >= 15 is 0 Å². The van der Waals surface area contributed by atoms with Gasteiger partial charge < -0.3 is 5.73 Å². The average Bonchev–Trinajstić information content (AvgIpc) is 2.76. The molecule has 0 atom stereocenters. The Hall–Kier alpha value is -1.31. The van der Waals surface area contributed by atoms with Crippen molar-refractivity contribution in [1.82, 2.24) is 0 Å². The third-order valence-corrected chi connectivity index (χ3v) is 3.39. The predicted octanol–water partition coefficient (Wildman–Crippen LogP) is 3.48. The first kappa shape index (κ1) is 11.2. The van der Waals surface area contributed by atoms with Gasteiger partial charge >= 0.3 is 0 Å². The van der Waals surface area contributed by atoms with Crippen molar-refractivity contribution in [2.45, 2.75) is 39.5 Å². The van der Waals surface area contributed by atoms with E-state index in [2.05, 4.69) is 37.0 Å². The molecular weight excluding hydrogens is 196 g/mol. The number of benzene rings is 1. The maximum Gasteiger partial charge on any atom is 0.103 e. The van der Waals surface area contributed by atoms with Gasteiger partial charge in [-0.3, -0.25) is 0 Å². The van der Waals surface area contributed by atoms with Gasteiger partial charge in [-0.2, -0.15) is 0 Å². The molecule has 1 fully saturated rings. The Bertz CT molecular complexity index is 401. The minimum absolute atomic E-state index is 0.514. The second-order valence-electron chi connectivity index (χ2n) is 4.81. The van der Waals surface area contributed by atoms with Crippen LogP contribution in [0.5, 0.6) is 0 Å². The first-order valence-corrected chi connectivity index (χ1v) is 6.08. The quantitative estimate of drug-likeness (QED) is 0.596. The summed E-state index contributed by atoms with van der Waals surface area (Å²) in [7, 11) is 0. The first-order chi connectivity index (χ1) is 7.66. The fourth-order valence-corrected chi connectivity index (χ4v) is 2.29. The zero-order valence-corrected chi connectivity index (χ0v) is 10.2. The molecule has 2 rings (SSSR count). The molecule has 2 nitrogen and oxygen atoms in total. The minimum Gasteiger partial charge on any atom is -0.387 e. The maximum absolute atomic E-state index is 6.08. The number of aliphatic imine (C=N–C) groups is 1. The van der Waals surface area contributed by atoms with Gasteiger partial charge in [-0.15, -0.1) is 0 Å². The van der Waals surface area contributed by atoms with Crippen LogP contribution in [0, 0.1) is 19.8 Å². The van der Waals surface area contributed by atoms with Crippen LogP contribution in [0.15, 0.2) is 23.2 Å². The van der Waals surface area contributed by atoms with Gasteiger partial charge in [-0.25, -0.2) is 4.99 Å². The number of amidine groups is 1. The van der Waals surface area contributed by atoms with Gasteiger partial charge in [0.05, 0.1) is 5.69 Å². The van der Waals surface area contributed by atoms with Crippen LogP contribution >= 0.6 is 0 Å². The van der Waals surface area contributed by atoms with Gasteiger partial charge in [0.15, 0.2) is 0 Å². The Balaban J connectivity index is 2.23. The van der Waals surface area contributed by atoms with Crippen LogP contribution in [0.4, 0.5) is 5.69 Å². The summed E-state index contributed by atoms with van der Waals surface area (Å²) < 4.78 is 0. The Kier molecular flexibility index (Phi) is 3.28. The normalized spacial score (nSPS) is 18.0. The SMILES string of the molecule is Cc1ccc(C)c(N=C(N)C2CCCC2)c1. The number of hydrogen-bond acceptors (Lipinski definition) is 1. The highest BCUT2D eigenvalue weighted by molar-refractivity contribution is 5.86. The number of rotatable bonds is 2. The van der Waals surface area contributed by atoms with Gasteiger partial charge in [0.25, 0.3) is 0 Å². The molecule has 1 aliphatic rings. The molecule has 0 bridgehead atoms. The Morgan fingerprint density at radius 1 is 1.25 bits per heavy atom. The molecule has 0 aromatic heterocycles. The molecule has 0 spiro atoms. The lowest BCUT2D eigenvalue weighted by Crippen LogP contribution is -2.20. The highest BCUT2D eigenvalue weighted by atomic mass is 14.9. The van der Waals surface area contributed by atoms with Crippen molar-refractivity contribution in [3.8, 4) is 0 Å². The van der Waals surface area contributed by atoms with E-state index in [0.717, 1.165) is 11.5 Å². The topological polar surface area (TPSA) is 38.4 Å². The standard InChI is InChI=1S/C14H20N2/c1-10-7-8-11(2)13(9-10)16-14(15)12-5-3-4-6-12/h7-9,12H,3-6H2,1-2H3,(H2,15,16). The molecule has 1 aromatic rings. The lowest BCUT2D eigenvalue weighted by molar-refractivity contribution is 0.722. The number of aryl methyl sites for hydroxylation is 2. The van der Waals surface area contributed by atoms with Crippen LogP contribution in [0.3, 0.4) is 0 Å². The summed E-state index contributed by atoms with van der Waals surface area (Å²) >= 11 is 0. The lowest BCUT2D eigenvalue weighted by Gasteiger charge is -2.09. The molecule has 0 unspecified atom stereocenters. The van der Waals surface area contributed by atoms with Crippen LogP contribution in [-0.2, 0) is 0 Å². The summed E-state index contributed by atoms with van der Waals surface area (Å²) in [6, 6.07) is 6.33. The average molecular weight is 216 g/mol. The summed E-state index contributed by atoms with van der Waals surface area (Å²) in [6.07, 6.45) is 5.02. The second kappa shape index (κ2) is 4.69. The van der Waals surface area contributed by atoms with Gasteiger partial charge in [0.2, 0.25) is 0 Å². The molecule has 86 valence electrons. The molecule has 0 aliphatic heterocycles. The molecular formula is C14H20N2. The predicted molar refractivity (Wildman–Crippen MR) is 69.2 cm³/mol. The number of hydrogen-bond donors (Lipinski definition) is 1. The molecule has 0 saturated heterocycles. The molecule has 0 amide bonds. The van der Waals surface area contributed by atoms with Crippen molar-refractivity contribution in [3.63, 3.8) is 0 Å². The highest BCUT2D eigenvalue weighted by Gasteiger charge is 2.18. The molecule has 1 aromatic carbocycles. The second-order valence-corrected chi connectivity index (χ2v) is 4.81. The number of nitrogens with zero attached hydrogens (tertiary/aromatic N) is 1. The maximum atomic E-state index is 6.08. The molecule has 1 aliphatic carbocycles. The Morgan fingerprint density at radius 2 is 1.94 bits per heavy atom. The molecule has 0 heterocycles. The van der Waals surface area contributed by atoms with Crippen molar-refractivity contribution >= 4 is 11.5 Å². The molecule has 2 N–H and O–H groups in total. The summed E-state index contributed by atoms with van der Waals surface area (Å²) in [5.74, 6) is 1.34. The van der Waals surface area contributed by atoms with Gasteiger partial charge in [0.1, 0.15) is 5.84 Å². The van der Waals surface area contributed by atoms with Crippen molar-refractivity contribution < 1.29 is 0 Å². The van der Waals surface area contributed by atoms with E-state index in [1.54, 1.807) is 0 Å². The Morgan fingerprint density at radius 3 is 2.62 bits per heavy atom. The van der Waals surface area contributed by atoms with E-state index in [1.165, 1.54) is 36.8 Å². The van der Waals surface area contributed by atoms with Crippen molar-refractivity contribution in [1.29, 1.82) is 0 Å². The van der Waals surface area contributed by atoms with E-state index in [0.29, 0.717) is 5.92 Å². The Labute approximate surface area is 97.6 Å². The van der Waals surface area contributed by atoms with Crippen LogP contribution in [-0.4, -0.2) is 5.84 Å². The van der Waals surface area contributed by atoms with E-state index in [9.17, 15) is 0 Å². The van der Waals surface area contributed by atoms with E-state index in [1.807, 2.05) is 0 Å². The fraction of sp³-hybridized carbons (Fsp3) is 0.500. The molecule has 16 heavy (non-hydrogen) atoms. The van der Waals surface area contributed by atoms with E-state index in [-0.39, 0.29) is 0 Å². The van der Waals surface area contributed by atoms with Gasteiger partial charge in [-0.05, 0) is 43.9 Å². The van der Waals surface area contributed by atoms with Crippen LogP contribution < -0.4 is 5.73 Å². The first-order valence-electron chi connectivity index (χ1n) is 6.08. The number of nitrogens with two attached hydrogens (primary N) is 1. The zero-order valence-electron chi connectivity index (χ0n) is 10.2. The van der Waals surface area contributed by atoms with Crippen LogP contribution in [0.1, 0.15) is 36.8 Å². The largest absolute Gasteiger partial charge is 0.387 e. The van der Waals surface area contributed by atoms with Crippen LogP contribution in [0.2, 0.25) is 0 Å². The van der Waals surface area contributed by atoms with Gasteiger partial charge in [0, 0.05) is 5.92 Å². The third kappa shape index (κ3) is 2.43. The summed E-state index contributed by atoms with van der Waals surface area (Å²) in [5, 5.41) is 0. The van der Waals surface area contributed by atoms with Crippen LogP contribution in [0.25, 0.3) is 0 Å². The van der Waals surface area contributed by atoms with E-state index < -0.39 is 0 Å². The van der Waals surface area contributed by atoms with Crippen molar-refractivity contribution in [3.05, 3.63) is 29.3 Å². The smallest absolute Gasteiger partial charge is 0.103 e. The highest BCUT2D eigenvalue weighted by Crippen LogP contribution is 2.27. The van der Waals surface area contributed by atoms with Gasteiger partial charge in [-0.1, -0.05) is 25.0 Å². The van der Waals surface area contributed by atoms with Crippen molar-refractivity contribution in [2.24, 2.45) is 16.6 Å². The zero-order chi connectivity index (χ0) is 11.5. The minimum atomic E-state index is 0.514. The fourth-order valence-electron chi connectivity index (χ4n) is 2.29. The van der Waals surface area contributed by atoms with E-state index in [4.69, 9.17) is 5.73 Å². The molecule has 1 saturated carbocycles. The summed E-state index contributed by atoms with van der Waals surface area (Å²) in [4.78, 5) is 4.60. The monoisotopic (exact) mass is 216 g/mol. The summed E-state index contributed by atoms with van der Waals surface area (Å²) in [5.41, 5.74) is 9.55. The lowest BCUT2D eigenvalue weighted by atomic mass is 10.1. The third-order valence-electron chi connectivity index (χ3n) is 3.39. The summed E-state index contributed by atoms with van der Waals surface area (Å²) in [6.45, 7) is 4.17. The van der Waals surface area contributed by atoms with Crippen molar-refractivity contribution in [2.75, 3.05) is 0 Å². The molecule has 2 heteroatoms.